The third-order valence-electron chi connectivity index (χ3n) is 10.8. The molecule has 0 aromatic heterocycles. The van der Waals surface area contributed by atoms with Gasteiger partial charge in [-0.2, -0.15) is 0 Å². The molecule has 0 aromatic carbocycles. The highest BCUT2D eigenvalue weighted by atomic mass is 16.8. The summed E-state index contributed by atoms with van der Waals surface area (Å²) >= 11 is 0. The Morgan fingerprint density at radius 1 is 1.04 bits per heavy atom. The molecule has 1 N–H and O–H groups in total. The monoisotopic (exact) mass is 683 g/mol. The molecule has 1 amide bonds. The summed E-state index contributed by atoms with van der Waals surface area (Å²) in [6, 6.07) is -0.0246. The highest BCUT2D eigenvalue weighted by molar-refractivity contribution is 6.07. The van der Waals surface area contributed by atoms with Crippen molar-refractivity contribution in [1.82, 2.24) is 19.6 Å². The van der Waals surface area contributed by atoms with E-state index >= 15 is 0 Å². The van der Waals surface area contributed by atoms with Crippen LogP contribution in [0.5, 0.6) is 0 Å². The molecule has 11 heteroatoms. The largest absolute Gasteiger partial charge is 0.386 e. The number of carbonyl (C=O) groups excluding carboxylic acids is 3. The molecule has 280 valence electrons. The van der Waals surface area contributed by atoms with Crippen LogP contribution in [0.2, 0.25) is 0 Å². The van der Waals surface area contributed by atoms with Crippen LogP contribution < -0.4 is 0 Å². The minimum Gasteiger partial charge on any atom is -0.386 e. The molecule has 2 aliphatic rings. The van der Waals surface area contributed by atoms with Crippen LogP contribution in [-0.4, -0.2) is 147 Å². The molecule has 0 bridgehead atoms. The summed E-state index contributed by atoms with van der Waals surface area (Å²) < 4.78 is 17.6. The second-order valence-electron chi connectivity index (χ2n) is 15.5. The van der Waals surface area contributed by atoms with Gasteiger partial charge in [-0.3, -0.25) is 14.4 Å². The maximum Gasteiger partial charge on any atom is 0.222 e. The zero-order valence-electron chi connectivity index (χ0n) is 32.4. The fourth-order valence-corrected chi connectivity index (χ4v) is 7.39. The van der Waals surface area contributed by atoms with Gasteiger partial charge < -0.3 is 38.9 Å². The van der Waals surface area contributed by atoms with E-state index in [0.717, 1.165) is 38.9 Å². The molecule has 48 heavy (non-hydrogen) atoms. The van der Waals surface area contributed by atoms with Crippen LogP contribution in [0.3, 0.4) is 0 Å². The molecule has 2 heterocycles. The Kier molecular flexibility index (Phi) is 17.6. The Labute approximate surface area is 292 Å². The minimum atomic E-state index is -1.25. The average molecular weight is 683 g/mol. The van der Waals surface area contributed by atoms with Crippen molar-refractivity contribution in [2.24, 2.45) is 23.2 Å². The van der Waals surface area contributed by atoms with Crippen LogP contribution in [0.1, 0.15) is 93.4 Å². The van der Waals surface area contributed by atoms with Gasteiger partial charge in [0.2, 0.25) is 5.91 Å². The third-order valence-corrected chi connectivity index (χ3v) is 10.8. The second-order valence-corrected chi connectivity index (χ2v) is 15.5. The zero-order chi connectivity index (χ0) is 36.3. The van der Waals surface area contributed by atoms with Gasteiger partial charge in [0.05, 0.1) is 17.4 Å². The SMILES string of the molecule is CCC[C@@H](C)CN(C)[C@@H](CCC(=O)C(C)(C)C(=O)[C@H](C)[C@H](OC)O[C@@H]1O[C@H](C)C[C@H](N(C)C)[C@H]1O)C1CN(C(=O)CCCN(C)CC)C1. The van der Waals surface area contributed by atoms with E-state index in [2.05, 4.69) is 44.7 Å². The number of carbonyl (C=O) groups is 3. The minimum absolute atomic E-state index is 0.114. The summed E-state index contributed by atoms with van der Waals surface area (Å²) in [6.45, 7) is 17.8. The molecule has 11 nitrogen and oxygen atoms in total. The van der Waals surface area contributed by atoms with Crippen molar-refractivity contribution in [3.63, 3.8) is 0 Å². The van der Waals surface area contributed by atoms with Crippen molar-refractivity contribution in [2.75, 3.05) is 68.0 Å². The van der Waals surface area contributed by atoms with E-state index < -0.39 is 30.0 Å². The zero-order valence-corrected chi connectivity index (χ0v) is 32.4. The predicted octanol–water partition coefficient (Wildman–Crippen LogP) is 3.91. The quantitative estimate of drug-likeness (QED) is 0.133. The van der Waals surface area contributed by atoms with Crippen molar-refractivity contribution in [2.45, 2.75) is 130 Å². The summed E-state index contributed by atoms with van der Waals surface area (Å²) in [4.78, 5) is 49.1. The number of hydrogen-bond acceptors (Lipinski definition) is 10. The van der Waals surface area contributed by atoms with Crippen molar-refractivity contribution < 1.29 is 33.7 Å². The molecular formula is C37H70N4O7. The number of methoxy groups -OCH3 is 1. The van der Waals surface area contributed by atoms with Crippen LogP contribution in [0.15, 0.2) is 0 Å². The molecule has 0 aliphatic carbocycles. The molecule has 0 unspecified atom stereocenters. The first kappa shape index (κ1) is 42.7. The fourth-order valence-electron chi connectivity index (χ4n) is 7.39. The molecule has 2 fully saturated rings. The number of hydrogen-bond donors (Lipinski definition) is 1. The Balaban J connectivity index is 2.06. The van der Waals surface area contributed by atoms with Gasteiger partial charge in [0.25, 0.3) is 0 Å². The summed E-state index contributed by atoms with van der Waals surface area (Å²) in [6.07, 6.45) is 2.22. The van der Waals surface area contributed by atoms with E-state index in [9.17, 15) is 19.5 Å². The molecule has 0 spiro atoms. The van der Waals surface area contributed by atoms with Crippen LogP contribution >= 0.6 is 0 Å². The number of Topliss-reactive ketones (excluding diaryl/α,β-unsaturated/α-hetero) is 2. The normalized spacial score (nSPS) is 24.9. The number of aliphatic hydroxyl groups is 1. The first-order valence-electron chi connectivity index (χ1n) is 18.4. The predicted molar refractivity (Wildman–Crippen MR) is 189 cm³/mol. The number of ether oxygens (including phenoxy) is 3. The topological polar surface area (TPSA) is 112 Å². The van der Waals surface area contributed by atoms with Crippen LogP contribution in [0.25, 0.3) is 0 Å². The van der Waals surface area contributed by atoms with Gasteiger partial charge in [-0.05, 0) is 93.7 Å². The highest BCUT2D eigenvalue weighted by Crippen LogP contribution is 2.33. The van der Waals surface area contributed by atoms with Gasteiger partial charge in [-0.1, -0.05) is 34.1 Å². The van der Waals surface area contributed by atoms with E-state index in [1.54, 1.807) is 20.8 Å². The maximum atomic E-state index is 13.9. The average Bonchev–Trinajstić information content (AvgIpc) is 3.00. The molecular weight excluding hydrogens is 612 g/mol. The van der Waals surface area contributed by atoms with Gasteiger partial charge in [0, 0.05) is 57.6 Å². The van der Waals surface area contributed by atoms with Gasteiger partial charge in [0.15, 0.2) is 18.4 Å². The Morgan fingerprint density at radius 2 is 1.69 bits per heavy atom. The van der Waals surface area contributed by atoms with Crippen molar-refractivity contribution in [3.05, 3.63) is 0 Å². The molecule has 0 aromatic rings. The molecule has 2 rings (SSSR count). The Morgan fingerprint density at radius 3 is 2.25 bits per heavy atom. The van der Waals surface area contributed by atoms with E-state index in [0.29, 0.717) is 44.2 Å². The Bertz CT molecular complexity index is 1000. The molecule has 0 radical (unpaired) electrons. The van der Waals surface area contributed by atoms with Gasteiger partial charge in [-0.15, -0.1) is 0 Å². The van der Waals surface area contributed by atoms with Crippen LogP contribution in [0.4, 0.5) is 0 Å². The first-order valence-corrected chi connectivity index (χ1v) is 18.4. The number of amides is 1. The lowest BCUT2D eigenvalue weighted by atomic mass is 9.75. The smallest absolute Gasteiger partial charge is 0.222 e. The summed E-state index contributed by atoms with van der Waals surface area (Å²) in [5, 5.41) is 11.0. The summed E-state index contributed by atoms with van der Waals surface area (Å²) in [5.41, 5.74) is -1.25. The summed E-state index contributed by atoms with van der Waals surface area (Å²) in [5.74, 6) is -0.121. The van der Waals surface area contributed by atoms with Crippen molar-refractivity contribution in [1.29, 1.82) is 0 Å². The summed E-state index contributed by atoms with van der Waals surface area (Å²) in [7, 11) is 9.47. The van der Waals surface area contributed by atoms with Gasteiger partial charge >= 0.3 is 0 Å². The van der Waals surface area contributed by atoms with E-state index in [-0.39, 0.29) is 42.1 Å². The first-order chi connectivity index (χ1) is 22.5. The molecule has 0 saturated carbocycles. The van der Waals surface area contributed by atoms with Crippen LogP contribution in [0, 0.1) is 23.2 Å². The van der Waals surface area contributed by atoms with E-state index in [4.69, 9.17) is 14.2 Å². The third kappa shape index (κ3) is 11.8. The lowest BCUT2D eigenvalue weighted by molar-refractivity contribution is -0.309. The fraction of sp³-hybridized carbons (Fsp3) is 0.919. The van der Waals surface area contributed by atoms with Gasteiger partial charge in [-0.25, -0.2) is 0 Å². The van der Waals surface area contributed by atoms with Crippen LogP contribution in [-0.2, 0) is 28.6 Å². The maximum absolute atomic E-state index is 13.9. The Hall–Kier alpha value is -1.47. The number of nitrogens with zero attached hydrogens (tertiary/aromatic N) is 4. The standard InChI is InChI=1S/C37H70N4O7/c1-13-16-25(3)22-40(11)29(28-23-41(24-28)32(43)17-15-20-39(10)14-2)18-19-31(42)37(6,7)34(45)27(5)35(46-12)48-36-33(44)30(38(8)9)21-26(4)47-36/h25-30,33,35-36,44H,13-24H2,1-12H3/t25-,26-,27+,29+,30+,33-,35-,36+/m1/s1. The van der Waals surface area contributed by atoms with E-state index in [1.807, 2.05) is 30.8 Å². The number of rotatable bonds is 22. The van der Waals surface area contributed by atoms with Crippen molar-refractivity contribution >= 4 is 17.5 Å². The number of likely N-dealkylation sites (N-methyl/N-ethyl adjacent to an activating group) is 1. The second kappa shape index (κ2) is 19.8. The number of ketones is 2. The van der Waals surface area contributed by atoms with Gasteiger partial charge in [0.1, 0.15) is 11.9 Å². The molecule has 2 aliphatic heterocycles. The number of aliphatic hydroxyl groups excluding tert-OH is 1. The highest BCUT2D eigenvalue weighted by Gasteiger charge is 2.45. The van der Waals surface area contributed by atoms with Crippen molar-refractivity contribution in [3.8, 4) is 0 Å². The molecule has 8 atom stereocenters. The lowest BCUT2D eigenvalue weighted by Crippen LogP contribution is -2.58. The lowest BCUT2D eigenvalue weighted by Gasteiger charge is -2.47. The van der Waals surface area contributed by atoms with E-state index in [1.165, 1.54) is 7.11 Å². The number of likely N-dealkylation sites (tertiary alicyclic amines) is 1. The molecule has 2 saturated heterocycles.